The maximum atomic E-state index is 14.7. The normalized spacial score (nSPS) is 28.3. The van der Waals surface area contributed by atoms with Crippen LogP contribution in [0.5, 0.6) is 0 Å². The predicted octanol–water partition coefficient (Wildman–Crippen LogP) is 3.40. The lowest BCUT2D eigenvalue weighted by Gasteiger charge is -2.62. The van der Waals surface area contributed by atoms with Gasteiger partial charge in [0.05, 0.1) is 0 Å². The zero-order chi connectivity index (χ0) is 25.6. The number of rotatable bonds is 0. The van der Waals surface area contributed by atoms with E-state index in [1.165, 1.54) is 0 Å². The first kappa shape index (κ1) is 20.2. The molecule has 4 bridgehead atoms. The highest BCUT2D eigenvalue weighted by molar-refractivity contribution is 6.24. The number of imide groups is 2. The first-order valence-electron chi connectivity index (χ1n) is 12.7. The van der Waals surface area contributed by atoms with Gasteiger partial charge in [-0.2, -0.15) is 0 Å². The van der Waals surface area contributed by atoms with Crippen molar-refractivity contribution in [2.75, 3.05) is 0 Å². The van der Waals surface area contributed by atoms with Gasteiger partial charge in [0.25, 0.3) is 11.8 Å². The summed E-state index contributed by atoms with van der Waals surface area (Å²) in [5.74, 6) is -2.48. The molecule has 0 saturated heterocycles. The SMILES string of the molecule is O=C1NC(=O)[C@@]23c4ccccc4[C@@H](c4cccc1c42)[C@H]1c2ccccc2[C@@]32C(=O)NC(=O)c3cccc1c32. The van der Waals surface area contributed by atoms with Crippen LogP contribution in [-0.2, 0) is 20.4 Å². The monoisotopic (exact) mass is 494 g/mol. The van der Waals surface area contributed by atoms with Crippen molar-refractivity contribution < 1.29 is 19.2 Å². The van der Waals surface area contributed by atoms with Gasteiger partial charge in [-0.25, -0.2) is 0 Å². The Bertz CT molecular complexity index is 1750. The Morgan fingerprint density at radius 2 is 0.868 bits per heavy atom. The second-order valence-electron chi connectivity index (χ2n) is 10.7. The molecule has 2 aliphatic heterocycles. The minimum absolute atomic E-state index is 0.223. The lowest BCUT2D eigenvalue weighted by molar-refractivity contribution is -0.136. The van der Waals surface area contributed by atoms with Crippen LogP contribution < -0.4 is 10.6 Å². The van der Waals surface area contributed by atoms with Crippen LogP contribution in [0, 0.1) is 0 Å². The molecule has 0 fully saturated rings. The van der Waals surface area contributed by atoms with E-state index in [1.807, 2.05) is 72.8 Å². The largest absolute Gasteiger partial charge is 0.291 e. The molecule has 6 heteroatoms. The summed E-state index contributed by atoms with van der Waals surface area (Å²) in [7, 11) is 0. The van der Waals surface area contributed by atoms with Crippen molar-refractivity contribution in [2.45, 2.75) is 22.7 Å². The van der Waals surface area contributed by atoms with Gasteiger partial charge in [-0.15, -0.1) is 0 Å². The van der Waals surface area contributed by atoms with Crippen molar-refractivity contribution in [3.8, 4) is 0 Å². The molecule has 0 radical (unpaired) electrons. The average molecular weight is 495 g/mol. The molecular formula is C32H18N2O4. The molecule has 6 nitrogen and oxygen atoms in total. The quantitative estimate of drug-likeness (QED) is 0.367. The zero-order valence-corrected chi connectivity index (χ0v) is 19.9. The van der Waals surface area contributed by atoms with Gasteiger partial charge in [-0.1, -0.05) is 72.8 Å². The predicted molar refractivity (Wildman–Crippen MR) is 136 cm³/mol. The Hall–Kier alpha value is -4.84. The maximum absolute atomic E-state index is 14.7. The molecule has 8 aliphatic rings. The smallest absolute Gasteiger partial charge is 0.258 e. The van der Waals surface area contributed by atoms with Gasteiger partial charge in [-0.3, -0.25) is 29.8 Å². The van der Waals surface area contributed by atoms with Gasteiger partial charge >= 0.3 is 0 Å². The summed E-state index contributed by atoms with van der Waals surface area (Å²) in [6, 6.07) is 26.8. The van der Waals surface area contributed by atoms with Gasteiger partial charge < -0.3 is 0 Å². The van der Waals surface area contributed by atoms with Crippen LogP contribution >= 0.6 is 0 Å². The van der Waals surface area contributed by atoms with Gasteiger partial charge in [0.15, 0.2) is 0 Å². The van der Waals surface area contributed by atoms with E-state index in [1.54, 1.807) is 12.1 Å². The van der Waals surface area contributed by atoms with Crippen LogP contribution in [0.15, 0.2) is 84.9 Å². The lowest BCUT2D eigenvalue weighted by Crippen LogP contribution is -2.73. The van der Waals surface area contributed by atoms with Gasteiger partial charge in [-0.05, 0) is 56.6 Å². The summed E-state index contributed by atoms with van der Waals surface area (Å²) in [5, 5.41) is 5.28. The summed E-state index contributed by atoms with van der Waals surface area (Å²) < 4.78 is 0. The summed E-state index contributed by atoms with van der Waals surface area (Å²) in [5.41, 5.74) is 3.82. The second kappa shape index (κ2) is 6.17. The molecule has 4 aromatic rings. The number of amides is 4. The van der Waals surface area contributed by atoms with Crippen molar-refractivity contribution in [2.24, 2.45) is 0 Å². The van der Waals surface area contributed by atoms with Gasteiger partial charge in [0.2, 0.25) is 11.8 Å². The molecule has 2 heterocycles. The van der Waals surface area contributed by atoms with E-state index < -0.39 is 34.5 Å². The number of nitrogens with one attached hydrogen (secondary N) is 2. The lowest BCUT2D eigenvalue weighted by atomic mass is 9.38. The molecule has 2 N–H and O–H groups in total. The second-order valence-corrected chi connectivity index (χ2v) is 10.7. The third-order valence-electron chi connectivity index (χ3n) is 9.53. The van der Waals surface area contributed by atoms with E-state index in [0.717, 1.165) is 22.3 Å². The number of hydrogen-bond acceptors (Lipinski definition) is 4. The fourth-order valence-corrected chi connectivity index (χ4v) is 8.54. The molecule has 0 saturated carbocycles. The standard InChI is InChI=1S/C32H18N2O4/c35-27-19-11-5-9-17-23-15-7-1-3-13-21(15)31(25(17)19,29(37)33-27)32-22-14-4-2-8-16(22)24(23)18-10-6-12-20(26(18)32)28(36)34-30(32)38/h1-14,23-24H,(H,33,35,37)(H,34,36,38)/t23-,24-,31+,32+/m0/s1. The van der Waals surface area contributed by atoms with Crippen molar-refractivity contribution in [3.05, 3.63) is 141 Å². The molecule has 0 aromatic heterocycles. The highest BCUT2D eigenvalue weighted by atomic mass is 16.2. The minimum atomic E-state index is -1.61. The maximum Gasteiger partial charge on any atom is 0.258 e. The Morgan fingerprint density at radius 3 is 1.32 bits per heavy atom. The van der Waals surface area contributed by atoms with E-state index in [9.17, 15) is 19.2 Å². The third kappa shape index (κ3) is 1.78. The minimum Gasteiger partial charge on any atom is -0.291 e. The van der Waals surface area contributed by atoms with Crippen LogP contribution in [0.4, 0.5) is 0 Å². The van der Waals surface area contributed by atoms with Crippen LogP contribution in [0.25, 0.3) is 0 Å². The van der Waals surface area contributed by atoms with Crippen LogP contribution in [0.1, 0.15) is 77.1 Å². The zero-order valence-electron chi connectivity index (χ0n) is 19.9. The average Bonchev–Trinajstić information content (AvgIpc) is 2.92. The topological polar surface area (TPSA) is 92.3 Å². The molecule has 180 valence electrons. The highest BCUT2D eigenvalue weighted by Crippen LogP contribution is 2.70. The molecule has 4 atom stereocenters. The summed E-state index contributed by atoms with van der Waals surface area (Å²) in [4.78, 5) is 56.1. The van der Waals surface area contributed by atoms with Crippen LogP contribution in [-0.4, -0.2) is 23.6 Å². The van der Waals surface area contributed by atoms with Crippen molar-refractivity contribution in [1.29, 1.82) is 0 Å². The van der Waals surface area contributed by atoms with Gasteiger partial charge in [0.1, 0.15) is 10.8 Å². The summed E-state index contributed by atoms with van der Waals surface area (Å²) >= 11 is 0. The molecule has 4 amide bonds. The molecular weight excluding hydrogens is 476 g/mol. The molecule has 6 aliphatic carbocycles. The number of carbonyl (C=O) groups is 4. The Balaban J connectivity index is 1.66. The number of benzene rings is 4. The van der Waals surface area contributed by atoms with E-state index in [2.05, 4.69) is 10.6 Å². The first-order valence-corrected chi connectivity index (χ1v) is 12.7. The molecule has 38 heavy (non-hydrogen) atoms. The van der Waals surface area contributed by atoms with Gasteiger partial charge in [0, 0.05) is 23.0 Å². The third-order valence-corrected chi connectivity index (χ3v) is 9.53. The molecule has 2 spiro atoms. The highest BCUT2D eigenvalue weighted by Gasteiger charge is 2.75. The number of carbonyl (C=O) groups excluding carboxylic acids is 4. The van der Waals surface area contributed by atoms with Crippen molar-refractivity contribution in [3.63, 3.8) is 0 Å². The first-order chi connectivity index (χ1) is 18.5. The number of hydrogen-bond donors (Lipinski definition) is 2. The van der Waals surface area contributed by atoms with Crippen LogP contribution in [0.2, 0.25) is 0 Å². The molecule has 0 unspecified atom stereocenters. The summed E-state index contributed by atoms with van der Waals surface area (Å²) in [6.45, 7) is 0. The van der Waals surface area contributed by atoms with E-state index in [-0.39, 0.29) is 11.8 Å². The van der Waals surface area contributed by atoms with Crippen molar-refractivity contribution >= 4 is 23.6 Å². The Morgan fingerprint density at radius 1 is 0.474 bits per heavy atom. The Labute approximate surface area is 216 Å². The Kier molecular flexibility index (Phi) is 3.29. The van der Waals surface area contributed by atoms with E-state index in [4.69, 9.17) is 0 Å². The summed E-state index contributed by atoms with van der Waals surface area (Å²) in [6.07, 6.45) is 0. The fourth-order valence-electron chi connectivity index (χ4n) is 8.54. The molecule has 4 aromatic carbocycles. The molecule has 12 rings (SSSR count). The van der Waals surface area contributed by atoms with Crippen LogP contribution in [0.3, 0.4) is 0 Å². The fraction of sp³-hybridized carbons (Fsp3) is 0.125. The van der Waals surface area contributed by atoms with Crippen molar-refractivity contribution in [1.82, 2.24) is 10.6 Å². The van der Waals surface area contributed by atoms with E-state index in [0.29, 0.717) is 33.4 Å². The van der Waals surface area contributed by atoms with E-state index >= 15 is 0 Å².